The minimum atomic E-state index is -1.76. The number of aliphatic hydroxyl groups excluding tert-OH is 1. The summed E-state index contributed by atoms with van der Waals surface area (Å²) in [6.07, 6.45) is -1.18. The molecule has 0 bridgehead atoms. The summed E-state index contributed by atoms with van der Waals surface area (Å²) >= 11 is 0. The number of likely N-dealkylation sites (tertiary alicyclic amines) is 1. The number of para-hydroxylation sites is 1. The van der Waals surface area contributed by atoms with Gasteiger partial charge in [0, 0.05) is 81.6 Å². The van der Waals surface area contributed by atoms with Crippen LogP contribution in [0.2, 0.25) is 0 Å². The average Bonchev–Trinajstić information content (AvgIpc) is 1.79. The molecule has 33 N–H and O–H groups in total. The number of aliphatic carboxylic acids is 2. The van der Waals surface area contributed by atoms with Crippen molar-refractivity contribution in [2.45, 2.75) is 202 Å². The molecule has 1 aliphatic rings. The topological polar surface area (TPSA) is 749 Å². The van der Waals surface area contributed by atoms with Crippen LogP contribution in [0.4, 0.5) is 0 Å². The highest BCUT2D eigenvalue weighted by Crippen LogP contribution is 2.23. The average molecular weight is 1560 g/mol. The first-order valence-electron chi connectivity index (χ1n) is 36.0. The van der Waals surface area contributed by atoms with Gasteiger partial charge in [0.05, 0.1) is 24.7 Å². The Balaban J connectivity index is 1.63. The van der Waals surface area contributed by atoms with Gasteiger partial charge in [-0.05, 0) is 102 Å². The number of guanidine groups is 3. The minimum Gasteiger partial charge on any atom is -0.481 e. The number of aromatic amines is 2. The molecule has 0 aliphatic carbocycles. The van der Waals surface area contributed by atoms with E-state index in [1.54, 1.807) is 44.3 Å². The second-order valence-electron chi connectivity index (χ2n) is 27.0. The predicted molar refractivity (Wildman–Crippen MR) is 397 cm³/mol. The van der Waals surface area contributed by atoms with Gasteiger partial charge in [0.2, 0.25) is 76.8 Å². The van der Waals surface area contributed by atoms with Gasteiger partial charge in [-0.2, -0.15) is 0 Å². The third kappa shape index (κ3) is 32.6. The van der Waals surface area contributed by atoms with Crippen LogP contribution in [-0.2, 0) is 84.8 Å². The number of nitrogens with two attached hydrogens (primary N) is 6. The maximum absolute atomic E-state index is 14.9. The molecule has 111 heavy (non-hydrogen) atoms. The number of carbonyl (C=O) groups excluding carboxylic acids is 13. The molecule has 12 atom stereocenters. The van der Waals surface area contributed by atoms with Crippen LogP contribution in [0.3, 0.4) is 0 Å². The van der Waals surface area contributed by atoms with Gasteiger partial charge in [0.1, 0.15) is 66.5 Å². The normalized spacial score (nSPS) is 15.4. The second kappa shape index (κ2) is 46.2. The highest BCUT2D eigenvalue weighted by atomic mass is 16.4. The lowest BCUT2D eigenvalue weighted by molar-refractivity contribution is -0.143. The van der Waals surface area contributed by atoms with Crippen LogP contribution >= 0.6 is 0 Å². The number of nitrogens with zero attached hydrogens (tertiary/aromatic N) is 2. The Morgan fingerprint density at radius 2 is 0.991 bits per heavy atom. The number of aliphatic hydroxyl groups is 1. The summed E-state index contributed by atoms with van der Waals surface area (Å²) < 4.78 is 0. The number of carboxylic acid groups (broad SMARTS) is 2. The van der Waals surface area contributed by atoms with E-state index in [4.69, 9.17) is 50.6 Å². The van der Waals surface area contributed by atoms with Gasteiger partial charge in [-0.1, -0.05) is 32.0 Å². The van der Waals surface area contributed by atoms with Crippen LogP contribution in [-0.4, -0.2) is 247 Å². The summed E-state index contributed by atoms with van der Waals surface area (Å²) in [6, 6.07) is -10.2. The SMILES string of the molecule is CC(C)C[C@H](NC(=O)[C@H](CCC(N)=O)NC(=O)[C@H](CCC(=O)O)NC(=O)[C@H](Cc1c[nH]c2ccccc12)NC(=O)CNC(=O)[C@H](CCCNC(=N)N)NC(=O)[C@@H]1CCCN1C(=O)[C@H](CCC(N)=O)NC(=O)[C@H](CCCNC(=N)N)NC(=O)[C@H](Cc1c[nH]cn1)NC(=O)[C@H](CCCNC(=N)N)NC(=O)[C@@H](N)[C@@H](C)O)C(=O)O. The molecular weight excluding hydrogens is 1460 g/mol. The largest absolute Gasteiger partial charge is 0.481 e. The van der Waals surface area contributed by atoms with Gasteiger partial charge in [0.25, 0.3) is 0 Å². The number of carboxylic acids is 2. The first kappa shape index (κ1) is 91.1. The van der Waals surface area contributed by atoms with E-state index >= 15 is 0 Å². The first-order valence-corrected chi connectivity index (χ1v) is 36.0. The number of carbonyl (C=O) groups is 15. The number of fused-ring (bicyclic) bond motifs is 1. The molecule has 2 aromatic heterocycles. The van der Waals surface area contributed by atoms with E-state index in [1.165, 1.54) is 19.4 Å². The molecule has 1 fully saturated rings. The summed E-state index contributed by atoms with van der Waals surface area (Å²) in [5, 5.41) is 85.6. The molecule has 44 nitrogen and oxygen atoms in total. The molecular formula is C67H106N26O18. The number of primary amides is 2. The van der Waals surface area contributed by atoms with Crippen molar-refractivity contribution in [3.05, 3.63) is 54.2 Å². The molecule has 44 heteroatoms. The van der Waals surface area contributed by atoms with E-state index < -0.39 is 218 Å². The third-order valence-corrected chi connectivity index (χ3v) is 17.5. The Labute approximate surface area is 637 Å². The Morgan fingerprint density at radius 3 is 1.47 bits per heavy atom. The number of benzene rings is 1. The number of hydrogen-bond acceptors (Lipinski definition) is 21. The number of H-pyrrole nitrogens is 2. The van der Waals surface area contributed by atoms with Gasteiger partial charge in [-0.25, -0.2) is 9.78 Å². The molecule has 0 radical (unpaired) electrons. The van der Waals surface area contributed by atoms with Crippen LogP contribution < -0.4 is 104 Å². The number of nitrogens with one attached hydrogen (secondary N) is 18. The summed E-state index contributed by atoms with van der Waals surface area (Å²) in [4.78, 5) is 216. The van der Waals surface area contributed by atoms with Crippen molar-refractivity contribution in [1.29, 1.82) is 16.2 Å². The third-order valence-electron chi connectivity index (χ3n) is 17.5. The van der Waals surface area contributed by atoms with Crippen molar-refractivity contribution in [3.63, 3.8) is 0 Å². The number of imidazole rings is 1. The van der Waals surface area contributed by atoms with Crippen LogP contribution in [0.5, 0.6) is 0 Å². The van der Waals surface area contributed by atoms with Crippen LogP contribution in [0, 0.1) is 22.1 Å². The predicted octanol–water partition coefficient (Wildman–Crippen LogP) is -7.83. The zero-order chi connectivity index (χ0) is 82.6. The zero-order valence-corrected chi connectivity index (χ0v) is 61.9. The van der Waals surface area contributed by atoms with Crippen molar-refractivity contribution < 1.29 is 87.2 Å². The van der Waals surface area contributed by atoms with Gasteiger partial charge < -0.3 is 134 Å². The molecule has 3 heterocycles. The Bertz CT molecular complexity index is 3760. The van der Waals surface area contributed by atoms with Crippen LogP contribution in [0.15, 0.2) is 43.0 Å². The molecule has 4 rings (SSSR count). The lowest BCUT2D eigenvalue weighted by atomic mass is 10.0. The maximum atomic E-state index is 14.9. The quantitative estimate of drug-likeness (QED) is 0.0142. The molecule has 612 valence electrons. The fraction of sp³-hybridized carbons (Fsp3) is 0.567. The summed E-state index contributed by atoms with van der Waals surface area (Å²) in [5.74, 6) is -17.1. The fourth-order valence-corrected chi connectivity index (χ4v) is 11.7. The van der Waals surface area contributed by atoms with E-state index in [1.807, 2.05) is 0 Å². The van der Waals surface area contributed by atoms with Crippen molar-refractivity contribution >= 4 is 118 Å². The van der Waals surface area contributed by atoms with E-state index in [0.29, 0.717) is 16.5 Å². The molecule has 0 spiro atoms. The maximum Gasteiger partial charge on any atom is 0.326 e. The lowest BCUT2D eigenvalue weighted by Crippen LogP contribution is -2.60. The summed E-state index contributed by atoms with van der Waals surface area (Å²) in [7, 11) is 0. The van der Waals surface area contributed by atoms with Crippen molar-refractivity contribution in [2.24, 2.45) is 40.3 Å². The highest BCUT2D eigenvalue weighted by molar-refractivity contribution is 6.00. The monoisotopic (exact) mass is 1560 g/mol. The summed E-state index contributed by atoms with van der Waals surface area (Å²) in [5.41, 5.74) is 34.5. The van der Waals surface area contributed by atoms with Crippen LogP contribution in [0.1, 0.15) is 128 Å². The molecule has 0 saturated carbocycles. The van der Waals surface area contributed by atoms with Gasteiger partial charge >= 0.3 is 11.9 Å². The zero-order valence-electron chi connectivity index (χ0n) is 61.9. The van der Waals surface area contributed by atoms with Gasteiger partial charge in [-0.15, -0.1) is 0 Å². The van der Waals surface area contributed by atoms with E-state index in [2.05, 4.69) is 84.1 Å². The number of hydrogen-bond donors (Lipinski definition) is 27. The Morgan fingerprint density at radius 1 is 0.541 bits per heavy atom. The molecule has 3 aromatic rings. The number of aromatic nitrogens is 3. The van der Waals surface area contributed by atoms with Crippen molar-refractivity contribution in [2.75, 3.05) is 32.7 Å². The smallest absolute Gasteiger partial charge is 0.326 e. The highest BCUT2D eigenvalue weighted by Gasteiger charge is 2.41. The van der Waals surface area contributed by atoms with E-state index in [-0.39, 0.29) is 114 Å². The fourth-order valence-electron chi connectivity index (χ4n) is 11.7. The minimum absolute atomic E-state index is 0.0109. The number of amides is 13. The molecule has 1 aromatic carbocycles. The number of rotatable bonds is 50. The van der Waals surface area contributed by atoms with Crippen LogP contribution in [0.25, 0.3) is 10.9 Å². The van der Waals surface area contributed by atoms with E-state index in [0.717, 1.165) is 4.90 Å². The molecule has 1 aliphatic heterocycles. The Kier molecular flexibility index (Phi) is 37.9. The van der Waals surface area contributed by atoms with Gasteiger partial charge in [-0.3, -0.25) is 83.4 Å². The van der Waals surface area contributed by atoms with Crippen molar-refractivity contribution in [1.82, 2.24) is 89.0 Å². The lowest BCUT2D eigenvalue weighted by Gasteiger charge is -2.31. The van der Waals surface area contributed by atoms with Crippen molar-refractivity contribution in [3.8, 4) is 0 Å². The summed E-state index contributed by atoms with van der Waals surface area (Å²) in [6.45, 7) is 3.68. The molecule has 13 amide bonds. The van der Waals surface area contributed by atoms with Gasteiger partial charge in [0.15, 0.2) is 17.9 Å². The molecule has 0 unspecified atom stereocenters. The second-order valence-corrected chi connectivity index (χ2v) is 27.0. The van der Waals surface area contributed by atoms with E-state index in [9.17, 15) is 87.2 Å². The molecule has 1 saturated heterocycles. The Hall–Kier alpha value is -12.2. The standard InChI is InChI=1S/C67H106N26O18/c1-33(2)26-47(64(110)111)92-58(104)42(16-19-49(68)95)86-57(103)43(18-21-52(98)99)87-59(105)45(27-35-29-81-38-11-5-4-10-37(35)38)84-51(97)31-82-54(100)39(12-6-22-78-65(71)72)88-61(107)48-15-9-25-93(48)63(109)44(17-20-50(69)96)90-55(101)40(13-7-23-79-66(73)74)85-60(106)46(28-36-30-77-32-83-36)91-56(102)41(14-8-24-80-67(75)76)89-62(108)53(70)34(3)94/h4-5,10-11,29-30,32-34,39-48,53,81,94H,6-9,12-28,31,70H2,1-3H3,(H2,68,95)(H2,69,96)(H,77,83)(H,82,100)(H,84,97)(H,85,106)(H,86,103)(H,87,105)(H,88,107)(H,89,108)(H,90,101)(H,91,102)(H,92,104)(H,98,99)(H,110,111)(H4,71,72,78)(H4,73,74,79)(H4,75,76,80)/t34-,39+,40+,41+,42+,43+,44+,45+,46+,47+,48+,53+/m1/s1. The first-order chi connectivity index (χ1) is 52.4.